The first-order valence-electron chi connectivity index (χ1n) is 8.07. The molecule has 0 atom stereocenters. The summed E-state index contributed by atoms with van der Waals surface area (Å²) >= 11 is 0. The first kappa shape index (κ1) is 18.1. The van der Waals surface area contributed by atoms with E-state index in [0.29, 0.717) is 22.6 Å². The van der Waals surface area contributed by atoms with Crippen LogP contribution in [0.15, 0.2) is 48.5 Å². The van der Waals surface area contributed by atoms with Gasteiger partial charge in [-0.15, -0.1) is 0 Å². The molecule has 0 aliphatic carbocycles. The molecule has 4 N–H and O–H groups in total. The average Bonchev–Trinajstić information content (AvgIpc) is 3.07. The number of benzene rings is 2. The second kappa shape index (κ2) is 7.69. The van der Waals surface area contributed by atoms with Gasteiger partial charge in [-0.05, 0) is 36.4 Å². The molecular weight excluding hydrogens is 351 g/mol. The fourth-order valence-electron chi connectivity index (χ4n) is 2.50. The Labute approximate surface area is 154 Å². The van der Waals surface area contributed by atoms with Crippen molar-refractivity contribution in [2.24, 2.45) is 0 Å². The lowest BCUT2D eigenvalue weighted by Crippen LogP contribution is -2.24. The second-order valence-corrected chi connectivity index (χ2v) is 5.68. The Kier molecular flexibility index (Phi) is 5.16. The van der Waals surface area contributed by atoms with Crippen LogP contribution in [-0.2, 0) is 4.79 Å². The van der Waals surface area contributed by atoms with Gasteiger partial charge in [0.05, 0.1) is 11.3 Å². The number of rotatable bonds is 6. The van der Waals surface area contributed by atoms with Crippen LogP contribution in [0.1, 0.15) is 15.9 Å². The van der Waals surface area contributed by atoms with Crippen molar-refractivity contribution in [3.63, 3.8) is 0 Å². The number of aromatic nitrogens is 2. The van der Waals surface area contributed by atoms with E-state index in [4.69, 9.17) is 10.5 Å². The molecule has 1 amide bonds. The summed E-state index contributed by atoms with van der Waals surface area (Å²) in [5.74, 6) is -0.638. The third-order valence-electron chi connectivity index (χ3n) is 3.90. The normalized spacial score (nSPS) is 10.4. The number of aromatic amines is 1. The van der Waals surface area contributed by atoms with Crippen molar-refractivity contribution in [2.45, 2.75) is 0 Å². The Morgan fingerprint density at radius 1 is 1.22 bits per heavy atom. The van der Waals surface area contributed by atoms with Gasteiger partial charge < -0.3 is 15.8 Å². The topological polar surface area (TPSA) is 110 Å². The lowest BCUT2D eigenvalue weighted by molar-refractivity contribution is -0.122. The van der Waals surface area contributed by atoms with E-state index in [1.54, 1.807) is 18.2 Å². The van der Waals surface area contributed by atoms with E-state index < -0.39 is 0 Å². The SMILES string of the molecule is CNC(=O)COc1cccc(C(=O)c2c(N)n[nH]c2-c2ccc(F)cc2)c1. The van der Waals surface area contributed by atoms with Crippen LogP contribution >= 0.6 is 0 Å². The van der Waals surface area contributed by atoms with Crippen LogP contribution in [0.2, 0.25) is 0 Å². The number of ketones is 1. The van der Waals surface area contributed by atoms with Crippen LogP contribution in [0.3, 0.4) is 0 Å². The van der Waals surface area contributed by atoms with Crippen LogP contribution in [0.5, 0.6) is 5.75 Å². The number of hydrogen-bond acceptors (Lipinski definition) is 5. The van der Waals surface area contributed by atoms with E-state index in [1.165, 1.54) is 37.4 Å². The molecule has 0 unspecified atom stereocenters. The molecule has 1 heterocycles. The van der Waals surface area contributed by atoms with Gasteiger partial charge in [0.15, 0.2) is 18.2 Å². The van der Waals surface area contributed by atoms with E-state index in [-0.39, 0.29) is 35.5 Å². The maximum atomic E-state index is 13.2. The van der Waals surface area contributed by atoms with Crippen LogP contribution in [0.4, 0.5) is 10.2 Å². The molecule has 0 fully saturated rings. The van der Waals surface area contributed by atoms with Crippen molar-refractivity contribution < 1.29 is 18.7 Å². The van der Waals surface area contributed by atoms with Crippen molar-refractivity contribution in [2.75, 3.05) is 19.4 Å². The summed E-state index contributed by atoms with van der Waals surface area (Å²) in [6.45, 7) is -0.164. The molecule has 3 rings (SSSR count). The van der Waals surface area contributed by atoms with Gasteiger partial charge in [-0.25, -0.2) is 4.39 Å². The second-order valence-electron chi connectivity index (χ2n) is 5.68. The van der Waals surface area contributed by atoms with E-state index in [9.17, 15) is 14.0 Å². The van der Waals surface area contributed by atoms with Crippen molar-refractivity contribution in [3.05, 3.63) is 65.5 Å². The van der Waals surface area contributed by atoms with Gasteiger partial charge in [0.1, 0.15) is 11.6 Å². The minimum absolute atomic E-state index is 0.0380. The Balaban J connectivity index is 1.91. The van der Waals surface area contributed by atoms with Crippen LogP contribution in [-0.4, -0.2) is 35.5 Å². The molecule has 0 radical (unpaired) electrons. The van der Waals surface area contributed by atoms with Gasteiger partial charge in [0.25, 0.3) is 5.91 Å². The zero-order valence-electron chi connectivity index (χ0n) is 14.5. The number of anilines is 1. The summed E-state index contributed by atoms with van der Waals surface area (Å²) in [5, 5.41) is 9.07. The smallest absolute Gasteiger partial charge is 0.257 e. The molecular formula is C19H17FN4O3. The number of carbonyl (C=O) groups excluding carboxylic acids is 2. The van der Waals surface area contributed by atoms with Crippen molar-refractivity contribution in [1.29, 1.82) is 0 Å². The molecule has 2 aromatic carbocycles. The van der Waals surface area contributed by atoms with Crippen LogP contribution in [0, 0.1) is 5.82 Å². The van der Waals surface area contributed by atoms with Gasteiger partial charge in [0, 0.05) is 18.2 Å². The van der Waals surface area contributed by atoms with Crippen molar-refractivity contribution in [3.8, 4) is 17.0 Å². The number of hydrogen-bond donors (Lipinski definition) is 3. The largest absolute Gasteiger partial charge is 0.484 e. The lowest BCUT2D eigenvalue weighted by atomic mass is 9.99. The number of likely N-dealkylation sites (N-methyl/N-ethyl adjacent to an activating group) is 1. The van der Waals surface area contributed by atoms with Crippen LogP contribution in [0.25, 0.3) is 11.3 Å². The highest BCUT2D eigenvalue weighted by atomic mass is 19.1. The van der Waals surface area contributed by atoms with Gasteiger partial charge in [-0.3, -0.25) is 14.7 Å². The van der Waals surface area contributed by atoms with Gasteiger partial charge in [0.2, 0.25) is 0 Å². The average molecular weight is 368 g/mol. The highest BCUT2D eigenvalue weighted by Gasteiger charge is 2.22. The molecule has 27 heavy (non-hydrogen) atoms. The lowest BCUT2D eigenvalue weighted by Gasteiger charge is -2.08. The predicted octanol–water partition coefficient (Wildman–Crippen LogP) is 2.15. The fraction of sp³-hybridized carbons (Fsp3) is 0.105. The first-order chi connectivity index (χ1) is 13.0. The number of nitrogens with one attached hydrogen (secondary N) is 2. The van der Waals surface area contributed by atoms with Crippen molar-refractivity contribution in [1.82, 2.24) is 15.5 Å². The zero-order valence-corrected chi connectivity index (χ0v) is 14.5. The molecule has 138 valence electrons. The minimum Gasteiger partial charge on any atom is -0.484 e. The highest BCUT2D eigenvalue weighted by molar-refractivity contribution is 6.15. The summed E-state index contributed by atoms with van der Waals surface area (Å²) in [7, 11) is 1.50. The Morgan fingerprint density at radius 3 is 2.67 bits per heavy atom. The van der Waals surface area contributed by atoms with E-state index in [0.717, 1.165) is 0 Å². The molecule has 0 spiro atoms. The molecule has 3 aromatic rings. The third-order valence-corrected chi connectivity index (χ3v) is 3.90. The number of nitrogens with two attached hydrogens (primary N) is 1. The summed E-state index contributed by atoms with van der Waals surface area (Å²) in [5.41, 5.74) is 7.36. The number of carbonyl (C=O) groups is 2. The zero-order chi connectivity index (χ0) is 19.4. The third kappa shape index (κ3) is 3.95. The highest BCUT2D eigenvalue weighted by Crippen LogP contribution is 2.28. The first-order valence-corrected chi connectivity index (χ1v) is 8.07. The maximum Gasteiger partial charge on any atom is 0.257 e. The molecule has 0 saturated heterocycles. The monoisotopic (exact) mass is 368 g/mol. The van der Waals surface area contributed by atoms with Gasteiger partial charge in [-0.2, -0.15) is 5.10 Å². The van der Waals surface area contributed by atoms with E-state index >= 15 is 0 Å². The number of ether oxygens (including phenoxy) is 1. The molecule has 8 heteroatoms. The molecule has 1 aromatic heterocycles. The number of halogens is 1. The molecule has 0 aliphatic rings. The number of amides is 1. The predicted molar refractivity (Wildman–Crippen MR) is 97.8 cm³/mol. The van der Waals surface area contributed by atoms with Crippen LogP contribution < -0.4 is 15.8 Å². The Hall–Kier alpha value is -3.68. The molecule has 0 aliphatic heterocycles. The summed E-state index contributed by atoms with van der Waals surface area (Å²) in [6, 6.07) is 12.0. The van der Waals surface area contributed by atoms with E-state index in [2.05, 4.69) is 15.5 Å². The number of nitrogen functional groups attached to an aromatic ring is 1. The molecule has 7 nitrogen and oxygen atoms in total. The summed E-state index contributed by atoms with van der Waals surface area (Å²) in [4.78, 5) is 24.3. The van der Waals surface area contributed by atoms with Gasteiger partial charge >= 0.3 is 0 Å². The summed E-state index contributed by atoms with van der Waals surface area (Å²) in [6.07, 6.45) is 0. The summed E-state index contributed by atoms with van der Waals surface area (Å²) < 4.78 is 18.5. The minimum atomic E-state index is -0.389. The molecule has 0 saturated carbocycles. The molecule has 0 bridgehead atoms. The number of nitrogens with zero attached hydrogens (tertiary/aromatic N) is 1. The van der Waals surface area contributed by atoms with Gasteiger partial charge in [-0.1, -0.05) is 12.1 Å². The standard InChI is InChI=1S/C19H17FN4O3/c1-22-15(25)10-27-14-4-2-3-12(9-14)18(26)16-17(23-24-19(16)21)11-5-7-13(20)8-6-11/h2-9H,10H2,1H3,(H,22,25)(H3,21,23,24). The fourth-order valence-corrected chi connectivity index (χ4v) is 2.50. The van der Waals surface area contributed by atoms with E-state index in [1.807, 2.05) is 0 Å². The Bertz CT molecular complexity index is 983. The number of H-pyrrole nitrogens is 1. The maximum absolute atomic E-state index is 13.2. The Morgan fingerprint density at radius 2 is 1.96 bits per heavy atom. The van der Waals surface area contributed by atoms with Crippen molar-refractivity contribution >= 4 is 17.5 Å². The quantitative estimate of drug-likeness (QED) is 0.578.